The summed E-state index contributed by atoms with van der Waals surface area (Å²) in [5.41, 5.74) is 2.45. The number of likely N-dealkylation sites (N-methyl/N-ethyl adjacent to an activating group) is 1. The summed E-state index contributed by atoms with van der Waals surface area (Å²) >= 11 is 12.9. The normalized spacial score (nSPS) is 11.5. The van der Waals surface area contributed by atoms with Crippen molar-refractivity contribution in [1.29, 1.82) is 0 Å². The minimum absolute atomic E-state index is 0.105. The topological polar surface area (TPSA) is 67.9 Å². The monoisotopic (exact) mass is 528 g/mol. The number of methoxy groups -OCH3 is 2. The molecule has 0 aliphatic carbocycles. The van der Waals surface area contributed by atoms with E-state index in [1.807, 2.05) is 48.5 Å². The zero-order chi connectivity index (χ0) is 26.1. The number of aryl methyl sites for hydroxylation is 1. The molecule has 1 atom stereocenters. The molecule has 0 saturated heterocycles. The SMILES string of the molecule is CNC(=O)[C@H](Cc1ccccc1)N(Cc1c(Cl)cccc1Cl)C(=O)CCc1ccc(OC)c(OC)c1. The fraction of sp³-hybridized carbons (Fsp3) is 0.286. The lowest BCUT2D eigenvalue weighted by Crippen LogP contribution is -2.49. The number of amides is 2. The summed E-state index contributed by atoms with van der Waals surface area (Å²) in [4.78, 5) is 28.3. The lowest BCUT2D eigenvalue weighted by atomic mass is 10.0. The van der Waals surface area contributed by atoms with Crippen molar-refractivity contribution in [1.82, 2.24) is 10.2 Å². The number of halogens is 2. The molecule has 0 bridgehead atoms. The van der Waals surface area contributed by atoms with Crippen LogP contribution in [0.25, 0.3) is 0 Å². The van der Waals surface area contributed by atoms with Gasteiger partial charge in [0.25, 0.3) is 0 Å². The van der Waals surface area contributed by atoms with Crippen molar-refractivity contribution >= 4 is 35.0 Å². The molecule has 190 valence electrons. The molecular weight excluding hydrogens is 499 g/mol. The highest BCUT2D eigenvalue weighted by atomic mass is 35.5. The van der Waals surface area contributed by atoms with Crippen molar-refractivity contribution in [3.8, 4) is 11.5 Å². The van der Waals surface area contributed by atoms with Gasteiger partial charge in [0.15, 0.2) is 11.5 Å². The fourth-order valence-electron chi connectivity index (χ4n) is 4.01. The predicted octanol–water partition coefficient (Wildman–Crippen LogP) is 5.33. The van der Waals surface area contributed by atoms with Gasteiger partial charge in [-0.2, -0.15) is 0 Å². The molecule has 0 heterocycles. The second-order valence-corrected chi connectivity index (χ2v) is 9.05. The number of carbonyl (C=O) groups excluding carboxylic acids is 2. The van der Waals surface area contributed by atoms with Crippen LogP contribution in [0.5, 0.6) is 11.5 Å². The molecule has 36 heavy (non-hydrogen) atoms. The van der Waals surface area contributed by atoms with E-state index in [1.54, 1.807) is 44.4 Å². The van der Waals surface area contributed by atoms with Crippen LogP contribution >= 0.6 is 23.2 Å². The smallest absolute Gasteiger partial charge is 0.242 e. The summed E-state index contributed by atoms with van der Waals surface area (Å²) in [6.45, 7) is 0.105. The highest BCUT2D eigenvalue weighted by molar-refractivity contribution is 6.36. The Morgan fingerprint density at radius 2 is 1.56 bits per heavy atom. The van der Waals surface area contributed by atoms with Crippen LogP contribution in [0.4, 0.5) is 0 Å². The van der Waals surface area contributed by atoms with E-state index in [4.69, 9.17) is 32.7 Å². The molecule has 0 spiro atoms. The van der Waals surface area contributed by atoms with Crippen LogP contribution in [-0.4, -0.2) is 44.0 Å². The Bertz CT molecular complexity index is 1170. The molecule has 0 aliphatic rings. The van der Waals surface area contributed by atoms with Gasteiger partial charge in [-0.25, -0.2) is 0 Å². The van der Waals surface area contributed by atoms with Gasteiger partial charge >= 0.3 is 0 Å². The van der Waals surface area contributed by atoms with Crippen LogP contribution in [0.15, 0.2) is 66.7 Å². The summed E-state index contributed by atoms with van der Waals surface area (Å²) in [7, 11) is 4.71. The quantitative estimate of drug-likeness (QED) is 0.365. The van der Waals surface area contributed by atoms with Crippen molar-refractivity contribution < 1.29 is 19.1 Å². The number of hydrogen-bond acceptors (Lipinski definition) is 4. The fourth-order valence-corrected chi connectivity index (χ4v) is 4.52. The van der Waals surface area contributed by atoms with E-state index < -0.39 is 6.04 Å². The Labute approximate surface area is 222 Å². The first kappa shape index (κ1) is 27.4. The van der Waals surface area contributed by atoms with Gasteiger partial charge in [0.05, 0.1) is 14.2 Å². The Morgan fingerprint density at radius 3 is 2.17 bits per heavy atom. The minimum Gasteiger partial charge on any atom is -0.493 e. The summed E-state index contributed by atoms with van der Waals surface area (Å²) in [6, 6.07) is 19.6. The number of nitrogens with zero attached hydrogens (tertiary/aromatic N) is 1. The summed E-state index contributed by atoms with van der Waals surface area (Å²) < 4.78 is 10.7. The van der Waals surface area contributed by atoms with Crippen molar-refractivity contribution in [3.05, 3.63) is 93.5 Å². The third kappa shape index (κ3) is 6.93. The molecule has 6 nitrogen and oxygen atoms in total. The van der Waals surface area contributed by atoms with E-state index in [-0.39, 0.29) is 24.8 Å². The van der Waals surface area contributed by atoms with Crippen LogP contribution < -0.4 is 14.8 Å². The first-order chi connectivity index (χ1) is 17.4. The number of ether oxygens (including phenoxy) is 2. The molecule has 0 radical (unpaired) electrons. The van der Waals surface area contributed by atoms with E-state index in [0.717, 1.165) is 11.1 Å². The van der Waals surface area contributed by atoms with Crippen LogP contribution in [-0.2, 0) is 29.0 Å². The maximum absolute atomic E-state index is 13.7. The summed E-state index contributed by atoms with van der Waals surface area (Å²) in [5.74, 6) is 0.756. The van der Waals surface area contributed by atoms with Gasteiger partial charge in [-0.15, -0.1) is 0 Å². The highest BCUT2D eigenvalue weighted by Gasteiger charge is 2.30. The van der Waals surface area contributed by atoms with Crippen LogP contribution in [0.1, 0.15) is 23.1 Å². The third-order valence-electron chi connectivity index (χ3n) is 5.98. The number of carbonyl (C=O) groups is 2. The van der Waals surface area contributed by atoms with Crippen LogP contribution in [0, 0.1) is 0 Å². The molecule has 1 N–H and O–H groups in total. The first-order valence-corrected chi connectivity index (χ1v) is 12.3. The molecule has 3 rings (SSSR count). The zero-order valence-electron chi connectivity index (χ0n) is 20.6. The molecule has 0 fully saturated rings. The molecule has 0 aromatic heterocycles. The van der Waals surface area contributed by atoms with Crippen molar-refractivity contribution in [2.45, 2.75) is 31.8 Å². The molecule has 3 aromatic rings. The minimum atomic E-state index is -0.748. The molecule has 0 unspecified atom stereocenters. The van der Waals surface area contributed by atoms with Crippen molar-refractivity contribution in [2.75, 3.05) is 21.3 Å². The summed E-state index contributed by atoms with van der Waals surface area (Å²) in [6.07, 6.45) is 0.988. The molecule has 8 heteroatoms. The number of hydrogen-bond donors (Lipinski definition) is 1. The maximum atomic E-state index is 13.7. The lowest BCUT2D eigenvalue weighted by molar-refractivity contribution is -0.141. The van der Waals surface area contributed by atoms with Crippen LogP contribution in [0.3, 0.4) is 0 Å². The second-order valence-electron chi connectivity index (χ2n) is 8.23. The van der Waals surface area contributed by atoms with E-state index in [0.29, 0.717) is 39.9 Å². The Morgan fingerprint density at radius 1 is 0.889 bits per heavy atom. The largest absolute Gasteiger partial charge is 0.493 e. The van der Waals surface area contributed by atoms with Gasteiger partial charge < -0.3 is 19.7 Å². The van der Waals surface area contributed by atoms with E-state index in [2.05, 4.69) is 5.32 Å². The molecule has 0 saturated carbocycles. The van der Waals surface area contributed by atoms with E-state index in [1.165, 1.54) is 0 Å². The van der Waals surface area contributed by atoms with E-state index in [9.17, 15) is 9.59 Å². The maximum Gasteiger partial charge on any atom is 0.242 e. The van der Waals surface area contributed by atoms with Crippen molar-refractivity contribution in [2.24, 2.45) is 0 Å². The first-order valence-electron chi connectivity index (χ1n) is 11.6. The van der Waals surface area contributed by atoms with Gasteiger partial charge in [-0.05, 0) is 41.8 Å². The molecule has 2 amide bonds. The van der Waals surface area contributed by atoms with Gasteiger partial charge in [0.1, 0.15) is 6.04 Å². The molecular formula is C28H30Cl2N2O4. The number of rotatable bonds is 11. The standard InChI is InChI=1S/C28H30Cl2N2O4/c1-31-28(34)24(16-19-8-5-4-6-9-19)32(18-21-22(29)10-7-11-23(21)30)27(33)15-13-20-12-14-25(35-2)26(17-20)36-3/h4-12,14,17,24H,13,15-16,18H2,1-3H3,(H,31,34)/t24-/m0/s1. The summed E-state index contributed by atoms with van der Waals surface area (Å²) in [5, 5.41) is 3.59. The second kappa shape index (κ2) is 13.2. The van der Waals surface area contributed by atoms with Gasteiger partial charge in [-0.1, -0.05) is 65.7 Å². The number of benzene rings is 3. The van der Waals surface area contributed by atoms with E-state index >= 15 is 0 Å². The van der Waals surface area contributed by atoms with Gasteiger partial charge in [-0.3, -0.25) is 9.59 Å². The Balaban J connectivity index is 1.91. The Kier molecular flexibility index (Phi) is 10.0. The predicted molar refractivity (Wildman–Crippen MR) is 143 cm³/mol. The Hall–Kier alpha value is -3.22. The molecule has 3 aromatic carbocycles. The van der Waals surface area contributed by atoms with Crippen LogP contribution in [0.2, 0.25) is 10.0 Å². The van der Waals surface area contributed by atoms with Gasteiger partial charge in [0.2, 0.25) is 11.8 Å². The van der Waals surface area contributed by atoms with Gasteiger partial charge in [0, 0.05) is 42.0 Å². The lowest BCUT2D eigenvalue weighted by Gasteiger charge is -2.32. The number of nitrogens with one attached hydrogen (secondary N) is 1. The third-order valence-corrected chi connectivity index (χ3v) is 6.69. The zero-order valence-corrected chi connectivity index (χ0v) is 22.1. The average Bonchev–Trinajstić information content (AvgIpc) is 2.90. The van der Waals surface area contributed by atoms with Crippen molar-refractivity contribution in [3.63, 3.8) is 0 Å². The highest BCUT2D eigenvalue weighted by Crippen LogP contribution is 2.29. The molecule has 0 aliphatic heterocycles. The average molecular weight is 529 g/mol.